The van der Waals surface area contributed by atoms with Crippen LogP contribution in [0.15, 0.2) is 16.7 Å². The van der Waals surface area contributed by atoms with Gasteiger partial charge in [0.05, 0.1) is 5.56 Å². The van der Waals surface area contributed by atoms with Crippen molar-refractivity contribution in [2.24, 2.45) is 11.8 Å². The number of hydrazine groups is 1. The smallest absolute Gasteiger partial charge is 0.255 e. The zero-order valence-electron chi connectivity index (χ0n) is 10.2. The maximum atomic E-state index is 12.1. The molecule has 1 aromatic rings. The summed E-state index contributed by atoms with van der Waals surface area (Å²) in [4.78, 5) is 16.2. The van der Waals surface area contributed by atoms with Gasteiger partial charge in [-0.1, -0.05) is 13.3 Å². The molecule has 1 heterocycles. The first-order chi connectivity index (χ1) is 8.65. The molecule has 1 amide bonds. The van der Waals surface area contributed by atoms with E-state index in [1.54, 1.807) is 12.3 Å². The number of carbonyl (C=O) groups excluding carboxylic acids is 1. The second kappa shape index (κ2) is 5.67. The number of nitrogens with zero attached hydrogens (tertiary/aromatic N) is 1. The number of nitrogens with two attached hydrogens (primary N) is 1. The molecule has 1 fully saturated rings. The Kier molecular flexibility index (Phi) is 4.19. The van der Waals surface area contributed by atoms with Crippen LogP contribution in [0.2, 0.25) is 0 Å². The van der Waals surface area contributed by atoms with E-state index in [-0.39, 0.29) is 5.91 Å². The Morgan fingerprint density at radius 2 is 2.44 bits per heavy atom. The number of rotatable bonds is 5. The van der Waals surface area contributed by atoms with Gasteiger partial charge < -0.3 is 10.7 Å². The van der Waals surface area contributed by atoms with Gasteiger partial charge in [0.1, 0.15) is 0 Å². The van der Waals surface area contributed by atoms with E-state index in [0.29, 0.717) is 23.3 Å². The third-order valence-electron chi connectivity index (χ3n) is 3.13. The summed E-state index contributed by atoms with van der Waals surface area (Å²) in [6.45, 7) is 2.16. The Bertz CT molecular complexity index is 452. The fourth-order valence-corrected chi connectivity index (χ4v) is 2.42. The molecule has 5 nitrogen and oxygen atoms in total. The lowest BCUT2D eigenvalue weighted by Crippen LogP contribution is -2.28. The van der Waals surface area contributed by atoms with Gasteiger partial charge in [-0.3, -0.25) is 4.79 Å². The van der Waals surface area contributed by atoms with Crippen LogP contribution in [-0.4, -0.2) is 16.9 Å². The molecule has 2 rings (SSSR count). The zero-order chi connectivity index (χ0) is 13.1. The molecule has 98 valence electrons. The van der Waals surface area contributed by atoms with Crippen molar-refractivity contribution >= 4 is 27.7 Å². The lowest BCUT2D eigenvalue weighted by molar-refractivity contribution is 0.0949. The van der Waals surface area contributed by atoms with Crippen LogP contribution in [0.5, 0.6) is 0 Å². The minimum Gasteiger partial charge on any atom is -0.349 e. The second-order valence-electron chi connectivity index (χ2n) is 4.56. The van der Waals surface area contributed by atoms with E-state index in [1.165, 1.54) is 6.42 Å². The molecule has 4 N–H and O–H groups in total. The number of hydrogen-bond acceptors (Lipinski definition) is 4. The van der Waals surface area contributed by atoms with Crippen molar-refractivity contribution < 1.29 is 4.79 Å². The lowest BCUT2D eigenvalue weighted by atomic mass is 10.2. The van der Waals surface area contributed by atoms with E-state index in [1.807, 2.05) is 0 Å². The highest BCUT2D eigenvalue weighted by Crippen LogP contribution is 2.35. The van der Waals surface area contributed by atoms with Gasteiger partial charge in [-0.05, 0) is 40.8 Å². The molecule has 2 unspecified atom stereocenters. The topological polar surface area (TPSA) is 80.0 Å². The van der Waals surface area contributed by atoms with Gasteiger partial charge in [-0.15, -0.1) is 0 Å². The SMILES string of the molecule is CCCC1CC1NC(=O)c1cc(Br)cnc1NN. The molecule has 0 aromatic carbocycles. The van der Waals surface area contributed by atoms with Crippen LogP contribution in [0.4, 0.5) is 5.82 Å². The Hall–Kier alpha value is -1.14. The third-order valence-corrected chi connectivity index (χ3v) is 3.57. The first-order valence-electron chi connectivity index (χ1n) is 6.08. The molecule has 1 aromatic heterocycles. The maximum Gasteiger partial charge on any atom is 0.255 e. The average Bonchev–Trinajstić information content (AvgIpc) is 3.07. The monoisotopic (exact) mass is 312 g/mol. The van der Waals surface area contributed by atoms with Crippen LogP contribution in [0.25, 0.3) is 0 Å². The predicted molar refractivity (Wildman–Crippen MR) is 74.0 cm³/mol. The number of anilines is 1. The van der Waals surface area contributed by atoms with Gasteiger partial charge in [-0.2, -0.15) is 0 Å². The van der Waals surface area contributed by atoms with Crippen molar-refractivity contribution in [3.63, 3.8) is 0 Å². The molecule has 0 spiro atoms. The molecule has 0 radical (unpaired) electrons. The summed E-state index contributed by atoms with van der Waals surface area (Å²) in [5.74, 6) is 6.25. The normalized spacial score (nSPS) is 21.5. The Labute approximate surface area is 115 Å². The van der Waals surface area contributed by atoms with Crippen molar-refractivity contribution in [1.29, 1.82) is 0 Å². The molecular weight excluding hydrogens is 296 g/mol. The highest BCUT2D eigenvalue weighted by Gasteiger charge is 2.37. The van der Waals surface area contributed by atoms with Crippen molar-refractivity contribution in [3.05, 3.63) is 22.3 Å². The minimum absolute atomic E-state index is 0.125. The van der Waals surface area contributed by atoms with Gasteiger partial charge in [0, 0.05) is 16.7 Å². The van der Waals surface area contributed by atoms with Crippen LogP contribution in [0, 0.1) is 5.92 Å². The van der Waals surface area contributed by atoms with Gasteiger partial charge >= 0.3 is 0 Å². The highest BCUT2D eigenvalue weighted by molar-refractivity contribution is 9.10. The van der Waals surface area contributed by atoms with Crippen molar-refractivity contribution in [1.82, 2.24) is 10.3 Å². The summed E-state index contributed by atoms with van der Waals surface area (Å²) in [5, 5.41) is 3.01. The maximum absolute atomic E-state index is 12.1. The van der Waals surface area contributed by atoms with E-state index in [9.17, 15) is 4.79 Å². The predicted octanol–water partition coefficient (Wildman–Crippen LogP) is 2.05. The molecular formula is C12H17BrN4O. The molecule has 1 aliphatic rings. The first kappa shape index (κ1) is 13.3. The van der Waals surface area contributed by atoms with Gasteiger partial charge in [-0.25, -0.2) is 10.8 Å². The summed E-state index contributed by atoms with van der Waals surface area (Å²) < 4.78 is 0.757. The summed E-state index contributed by atoms with van der Waals surface area (Å²) in [6.07, 6.45) is 5.00. The Morgan fingerprint density at radius 3 is 3.11 bits per heavy atom. The first-order valence-corrected chi connectivity index (χ1v) is 6.88. The third kappa shape index (κ3) is 3.00. The molecule has 0 aliphatic heterocycles. The van der Waals surface area contributed by atoms with Crippen molar-refractivity contribution in [2.75, 3.05) is 5.43 Å². The zero-order valence-corrected chi connectivity index (χ0v) is 11.8. The van der Waals surface area contributed by atoms with Crippen LogP contribution >= 0.6 is 15.9 Å². The molecule has 1 saturated carbocycles. The minimum atomic E-state index is -0.125. The van der Waals surface area contributed by atoms with Gasteiger partial charge in [0.15, 0.2) is 5.82 Å². The number of carbonyl (C=O) groups is 1. The van der Waals surface area contributed by atoms with Gasteiger partial charge in [0.25, 0.3) is 5.91 Å². The van der Waals surface area contributed by atoms with Crippen LogP contribution in [0.1, 0.15) is 36.5 Å². The molecule has 0 bridgehead atoms. The quantitative estimate of drug-likeness (QED) is 0.574. The number of hydrogen-bond donors (Lipinski definition) is 3. The van der Waals surface area contributed by atoms with E-state index in [4.69, 9.17) is 5.84 Å². The van der Waals surface area contributed by atoms with Crippen LogP contribution < -0.4 is 16.6 Å². The van der Waals surface area contributed by atoms with E-state index in [0.717, 1.165) is 17.3 Å². The number of amides is 1. The van der Waals surface area contributed by atoms with Crippen molar-refractivity contribution in [3.8, 4) is 0 Å². The Morgan fingerprint density at radius 1 is 1.67 bits per heavy atom. The molecule has 1 aliphatic carbocycles. The molecule has 18 heavy (non-hydrogen) atoms. The second-order valence-corrected chi connectivity index (χ2v) is 5.47. The molecule has 0 saturated heterocycles. The summed E-state index contributed by atoms with van der Waals surface area (Å²) in [6, 6.07) is 2.02. The van der Waals surface area contributed by atoms with Crippen LogP contribution in [0.3, 0.4) is 0 Å². The number of aromatic nitrogens is 1. The summed E-state index contributed by atoms with van der Waals surface area (Å²) in [7, 11) is 0. The largest absolute Gasteiger partial charge is 0.349 e. The van der Waals surface area contributed by atoms with E-state index < -0.39 is 0 Å². The van der Waals surface area contributed by atoms with Crippen LogP contribution in [-0.2, 0) is 0 Å². The average molecular weight is 313 g/mol. The number of halogens is 1. The highest BCUT2D eigenvalue weighted by atomic mass is 79.9. The number of nitrogen functional groups attached to an aromatic ring is 1. The van der Waals surface area contributed by atoms with Gasteiger partial charge in [0.2, 0.25) is 0 Å². The lowest BCUT2D eigenvalue weighted by Gasteiger charge is -2.09. The summed E-state index contributed by atoms with van der Waals surface area (Å²) in [5.41, 5.74) is 2.91. The molecule has 6 heteroatoms. The number of nitrogens with one attached hydrogen (secondary N) is 2. The van der Waals surface area contributed by atoms with Crippen molar-refractivity contribution in [2.45, 2.75) is 32.2 Å². The fourth-order valence-electron chi connectivity index (χ4n) is 2.09. The number of pyridine rings is 1. The van der Waals surface area contributed by atoms with E-state index >= 15 is 0 Å². The van der Waals surface area contributed by atoms with E-state index in [2.05, 4.69) is 38.6 Å². The summed E-state index contributed by atoms with van der Waals surface area (Å²) >= 11 is 3.30. The fraction of sp³-hybridized carbons (Fsp3) is 0.500. The molecule has 2 atom stereocenters. The standard InChI is InChI=1S/C12H17BrN4O/c1-2-3-7-4-10(7)16-12(18)9-5-8(13)6-15-11(9)17-14/h5-7,10H,2-4,14H2,1H3,(H,15,17)(H,16,18). The Balaban J connectivity index is 2.03.